The Balaban J connectivity index is 2.26. The minimum atomic E-state index is -0.164. The van der Waals surface area contributed by atoms with Crippen molar-refractivity contribution in [3.8, 4) is 6.19 Å². The Hall–Kier alpha value is -2.78. The first kappa shape index (κ1) is 17.6. The molecule has 0 unspecified atom stereocenters. The highest BCUT2D eigenvalue weighted by atomic mass is 32.2. The third-order valence-corrected chi connectivity index (χ3v) is 3.92. The number of thioether (sulfide) groups is 1. The van der Waals surface area contributed by atoms with Crippen molar-refractivity contribution in [1.29, 1.82) is 5.26 Å². The zero-order chi connectivity index (χ0) is 17.5. The topological polar surface area (TPSA) is 77.3 Å². The molecule has 2 N–H and O–H groups in total. The first-order chi connectivity index (χ1) is 11.5. The predicted molar refractivity (Wildman–Crippen MR) is 99.7 cm³/mol. The molecule has 0 spiro atoms. The Morgan fingerprint density at radius 2 is 2.00 bits per heavy atom. The molecule has 2 aromatic rings. The van der Waals surface area contributed by atoms with Gasteiger partial charge in [0.15, 0.2) is 11.4 Å². The van der Waals surface area contributed by atoms with Gasteiger partial charge in [0.2, 0.25) is 0 Å². The number of amidine groups is 1. The van der Waals surface area contributed by atoms with E-state index in [0.717, 1.165) is 11.1 Å². The number of benzene rings is 2. The van der Waals surface area contributed by atoms with E-state index in [2.05, 4.69) is 15.6 Å². The lowest BCUT2D eigenvalue weighted by molar-refractivity contribution is 0.102. The van der Waals surface area contributed by atoms with Gasteiger partial charge < -0.3 is 5.32 Å². The van der Waals surface area contributed by atoms with Gasteiger partial charge in [0.25, 0.3) is 5.91 Å². The number of hydrogen-bond donors (Lipinski definition) is 2. The normalized spacial score (nSPS) is 10.8. The van der Waals surface area contributed by atoms with Gasteiger partial charge in [0, 0.05) is 11.3 Å². The van der Waals surface area contributed by atoms with Crippen LogP contribution >= 0.6 is 11.8 Å². The van der Waals surface area contributed by atoms with Gasteiger partial charge in [-0.2, -0.15) is 5.26 Å². The summed E-state index contributed by atoms with van der Waals surface area (Å²) in [5, 5.41) is 14.6. The Kier molecular flexibility index (Phi) is 5.99. The van der Waals surface area contributed by atoms with Crippen LogP contribution in [0, 0.1) is 25.3 Å². The van der Waals surface area contributed by atoms with E-state index in [1.54, 1.807) is 12.1 Å². The summed E-state index contributed by atoms with van der Waals surface area (Å²) in [6, 6.07) is 12.9. The second-order valence-electron chi connectivity index (χ2n) is 5.18. The fraction of sp³-hybridized carbons (Fsp3) is 0.167. The summed E-state index contributed by atoms with van der Waals surface area (Å²) in [7, 11) is 0. The molecule has 0 atom stereocenters. The third kappa shape index (κ3) is 4.61. The molecule has 0 radical (unpaired) electrons. The number of nitriles is 1. The average molecular weight is 338 g/mol. The number of aliphatic imine (C=N–C) groups is 1. The lowest BCUT2D eigenvalue weighted by atomic mass is 10.1. The van der Waals surface area contributed by atoms with Crippen LogP contribution in [0.1, 0.15) is 21.5 Å². The highest BCUT2D eigenvalue weighted by Gasteiger charge is 2.09. The molecule has 5 nitrogen and oxygen atoms in total. The van der Waals surface area contributed by atoms with Gasteiger partial charge >= 0.3 is 0 Å². The number of aryl methyl sites for hydroxylation is 2. The van der Waals surface area contributed by atoms with E-state index in [9.17, 15) is 4.79 Å². The van der Waals surface area contributed by atoms with E-state index in [1.165, 1.54) is 11.8 Å². The first-order valence-electron chi connectivity index (χ1n) is 7.30. The van der Waals surface area contributed by atoms with Crippen molar-refractivity contribution in [3.05, 3.63) is 59.2 Å². The number of nitrogens with zero attached hydrogens (tertiary/aromatic N) is 2. The van der Waals surface area contributed by atoms with Crippen LogP contribution < -0.4 is 10.6 Å². The van der Waals surface area contributed by atoms with Gasteiger partial charge in [0.1, 0.15) is 0 Å². The molecule has 24 heavy (non-hydrogen) atoms. The van der Waals surface area contributed by atoms with Gasteiger partial charge in [-0.05, 0) is 49.9 Å². The van der Waals surface area contributed by atoms with E-state index in [-0.39, 0.29) is 5.91 Å². The second kappa shape index (κ2) is 8.18. The molecule has 1 amide bonds. The van der Waals surface area contributed by atoms with E-state index in [1.807, 2.05) is 56.6 Å². The number of carbonyl (C=O) groups excluding carboxylic acids is 1. The molecular formula is C18H18N4OS. The maximum absolute atomic E-state index is 12.4. The minimum absolute atomic E-state index is 0.164. The number of anilines is 1. The maximum atomic E-state index is 12.4. The van der Waals surface area contributed by atoms with Crippen molar-refractivity contribution < 1.29 is 4.79 Å². The van der Waals surface area contributed by atoms with E-state index >= 15 is 0 Å². The van der Waals surface area contributed by atoms with Gasteiger partial charge in [0.05, 0.1) is 5.69 Å². The smallest absolute Gasteiger partial charge is 0.255 e. The summed E-state index contributed by atoms with van der Waals surface area (Å²) in [6.45, 7) is 3.87. The van der Waals surface area contributed by atoms with Crippen LogP contribution in [0.3, 0.4) is 0 Å². The van der Waals surface area contributed by atoms with Crippen LogP contribution in [0.4, 0.5) is 11.4 Å². The second-order valence-corrected chi connectivity index (χ2v) is 5.98. The number of hydrogen-bond acceptors (Lipinski definition) is 4. The molecule has 0 bridgehead atoms. The van der Waals surface area contributed by atoms with Gasteiger partial charge in [-0.25, -0.2) is 4.99 Å². The zero-order valence-electron chi connectivity index (χ0n) is 13.8. The molecule has 122 valence electrons. The lowest BCUT2D eigenvalue weighted by Crippen LogP contribution is -2.13. The molecule has 2 rings (SSSR count). The van der Waals surface area contributed by atoms with E-state index < -0.39 is 0 Å². The Labute approximate surface area is 145 Å². The monoisotopic (exact) mass is 338 g/mol. The summed E-state index contributed by atoms with van der Waals surface area (Å²) >= 11 is 1.34. The van der Waals surface area contributed by atoms with Crippen LogP contribution in [0.25, 0.3) is 0 Å². The molecule has 0 heterocycles. The average Bonchev–Trinajstić information content (AvgIpc) is 2.57. The van der Waals surface area contributed by atoms with Gasteiger partial charge in [-0.3, -0.25) is 10.1 Å². The van der Waals surface area contributed by atoms with Crippen molar-refractivity contribution in [1.82, 2.24) is 5.32 Å². The van der Waals surface area contributed by atoms with Crippen LogP contribution in [0.15, 0.2) is 47.5 Å². The molecular weight excluding hydrogens is 320 g/mol. The van der Waals surface area contributed by atoms with E-state index in [4.69, 9.17) is 5.26 Å². The SMILES string of the molecule is CSC(=Nc1ccc(C)c(NC(=O)c2cccc(C)c2)c1)NC#N. The fourth-order valence-electron chi connectivity index (χ4n) is 2.08. The van der Waals surface area contributed by atoms with E-state index in [0.29, 0.717) is 22.1 Å². The Morgan fingerprint density at radius 3 is 2.67 bits per heavy atom. The van der Waals surface area contributed by atoms with Crippen LogP contribution in [0.2, 0.25) is 0 Å². The molecule has 0 aliphatic heterocycles. The van der Waals surface area contributed by atoms with Gasteiger partial charge in [-0.1, -0.05) is 35.5 Å². The Bertz CT molecular complexity index is 824. The van der Waals surface area contributed by atoms with Crippen molar-refractivity contribution in [2.24, 2.45) is 4.99 Å². The zero-order valence-corrected chi connectivity index (χ0v) is 14.6. The largest absolute Gasteiger partial charge is 0.322 e. The summed E-state index contributed by atoms with van der Waals surface area (Å²) < 4.78 is 0. The fourth-order valence-corrected chi connectivity index (χ4v) is 2.43. The molecule has 0 aliphatic carbocycles. The molecule has 2 aromatic carbocycles. The maximum Gasteiger partial charge on any atom is 0.255 e. The lowest BCUT2D eigenvalue weighted by Gasteiger charge is -2.10. The van der Waals surface area contributed by atoms with Crippen LogP contribution in [0.5, 0.6) is 0 Å². The summed E-state index contributed by atoms with van der Waals surface area (Å²) in [5.74, 6) is -0.164. The highest BCUT2D eigenvalue weighted by molar-refractivity contribution is 8.13. The molecule has 0 aliphatic rings. The first-order valence-corrected chi connectivity index (χ1v) is 8.52. The predicted octanol–water partition coefficient (Wildman–Crippen LogP) is 3.98. The van der Waals surface area contributed by atoms with Crippen molar-refractivity contribution in [2.45, 2.75) is 13.8 Å². The third-order valence-electron chi connectivity index (χ3n) is 3.34. The van der Waals surface area contributed by atoms with Gasteiger partial charge in [-0.15, -0.1) is 0 Å². The molecule has 0 saturated carbocycles. The summed E-state index contributed by atoms with van der Waals surface area (Å²) in [6.07, 6.45) is 3.68. The standard InChI is InChI=1S/C18H18N4OS/c1-12-5-4-6-14(9-12)17(23)22-16-10-15(8-7-13(16)2)21-18(24-3)20-11-19/h4-10H,1-3H3,(H,20,21)(H,22,23). The van der Waals surface area contributed by atoms with Crippen molar-refractivity contribution >= 4 is 34.2 Å². The molecule has 6 heteroatoms. The highest BCUT2D eigenvalue weighted by Crippen LogP contribution is 2.24. The molecule has 0 fully saturated rings. The molecule has 0 aromatic heterocycles. The quantitative estimate of drug-likeness (QED) is 0.384. The van der Waals surface area contributed by atoms with Crippen LogP contribution in [-0.2, 0) is 0 Å². The number of rotatable bonds is 3. The molecule has 0 saturated heterocycles. The number of carbonyl (C=O) groups is 1. The minimum Gasteiger partial charge on any atom is -0.322 e. The summed E-state index contributed by atoms with van der Waals surface area (Å²) in [4.78, 5) is 16.8. The summed E-state index contributed by atoms with van der Waals surface area (Å²) in [5.41, 5.74) is 3.94. The van der Waals surface area contributed by atoms with Crippen molar-refractivity contribution in [3.63, 3.8) is 0 Å². The number of nitrogens with one attached hydrogen (secondary N) is 2. The van der Waals surface area contributed by atoms with Crippen LogP contribution in [-0.4, -0.2) is 17.3 Å². The van der Waals surface area contributed by atoms with Crippen molar-refractivity contribution in [2.75, 3.05) is 11.6 Å². The Morgan fingerprint density at radius 1 is 1.21 bits per heavy atom. The number of amides is 1.